The van der Waals surface area contributed by atoms with Gasteiger partial charge in [0.2, 0.25) is 0 Å². The van der Waals surface area contributed by atoms with Crippen LogP contribution in [0.3, 0.4) is 0 Å². The number of primary amides is 1. The number of nitrogens with zero attached hydrogens (tertiary/aromatic N) is 3. The van der Waals surface area contributed by atoms with E-state index >= 15 is 0 Å². The fraction of sp³-hybridized carbons (Fsp3) is 0.0500. The number of urea groups is 1. The molecule has 28 heavy (non-hydrogen) atoms. The van der Waals surface area contributed by atoms with E-state index in [1.165, 1.54) is 11.2 Å². The number of benzene rings is 2. The molecule has 0 unspecified atom stereocenters. The first-order valence-electron chi connectivity index (χ1n) is 8.21. The first-order valence-corrected chi connectivity index (χ1v) is 8.21. The third kappa shape index (κ3) is 3.94. The Morgan fingerprint density at radius 1 is 1.00 bits per heavy atom. The van der Waals surface area contributed by atoms with Crippen molar-refractivity contribution in [1.82, 2.24) is 9.97 Å². The Morgan fingerprint density at radius 3 is 2.29 bits per heavy atom. The lowest BCUT2D eigenvalue weighted by Crippen LogP contribution is -2.31. The first kappa shape index (κ1) is 18.5. The third-order valence-corrected chi connectivity index (χ3v) is 3.87. The van der Waals surface area contributed by atoms with Gasteiger partial charge in [-0.1, -0.05) is 24.0 Å². The number of anilines is 4. The molecule has 1 heterocycles. The van der Waals surface area contributed by atoms with Gasteiger partial charge in [-0.15, -0.1) is 0 Å². The second-order valence-corrected chi connectivity index (χ2v) is 5.69. The maximum atomic E-state index is 12.1. The van der Waals surface area contributed by atoms with Crippen LogP contribution in [0.1, 0.15) is 11.1 Å². The molecule has 0 saturated heterocycles. The minimum Gasteiger partial charge on any atom is -0.497 e. The topological polar surface area (TPSA) is 133 Å². The Bertz CT molecular complexity index is 1070. The fourth-order valence-electron chi connectivity index (χ4n) is 2.55. The standard InChI is InChI=1S/C20H18N6O2/c1-28-16-7-3-6-15(11-16)26(20(23)27)14-5-2-4-13(10-14)8-9-17-18(21)24-12-25-19(17)22/h2-7,10-12H,1H3,(H2,23,27)(H4,21,22,24,25). The zero-order valence-corrected chi connectivity index (χ0v) is 15.1. The smallest absolute Gasteiger partial charge is 0.323 e. The summed E-state index contributed by atoms with van der Waals surface area (Å²) in [4.78, 5) is 21.2. The molecule has 0 bridgehead atoms. The molecule has 6 N–H and O–H groups in total. The average molecular weight is 374 g/mol. The number of rotatable bonds is 3. The minimum absolute atomic E-state index is 0.200. The van der Waals surface area contributed by atoms with Crippen molar-refractivity contribution in [1.29, 1.82) is 0 Å². The molecule has 0 spiro atoms. The minimum atomic E-state index is -0.636. The Balaban J connectivity index is 2.00. The highest BCUT2D eigenvalue weighted by molar-refractivity contribution is 5.98. The van der Waals surface area contributed by atoms with Crippen molar-refractivity contribution >= 4 is 29.0 Å². The largest absolute Gasteiger partial charge is 0.497 e. The second kappa shape index (κ2) is 7.97. The maximum Gasteiger partial charge on any atom is 0.323 e. The van der Waals surface area contributed by atoms with Crippen LogP contribution in [0, 0.1) is 11.8 Å². The van der Waals surface area contributed by atoms with Gasteiger partial charge in [-0.2, -0.15) is 0 Å². The van der Waals surface area contributed by atoms with Crippen LogP contribution < -0.4 is 26.8 Å². The highest BCUT2D eigenvalue weighted by Crippen LogP contribution is 2.28. The SMILES string of the molecule is COc1cccc(N(C(N)=O)c2cccc(C#Cc3c(N)ncnc3N)c2)c1. The molecule has 0 aliphatic carbocycles. The van der Waals surface area contributed by atoms with Gasteiger partial charge >= 0.3 is 6.03 Å². The zero-order chi connectivity index (χ0) is 20.1. The quantitative estimate of drug-likeness (QED) is 0.602. The molecule has 3 rings (SSSR count). The van der Waals surface area contributed by atoms with Crippen molar-refractivity contribution in [3.8, 4) is 17.6 Å². The summed E-state index contributed by atoms with van der Waals surface area (Å²) in [6.45, 7) is 0. The molecular weight excluding hydrogens is 356 g/mol. The van der Waals surface area contributed by atoms with E-state index in [0.717, 1.165) is 0 Å². The van der Waals surface area contributed by atoms with Crippen LogP contribution in [0.25, 0.3) is 0 Å². The molecular formula is C20H18N6O2. The monoisotopic (exact) mass is 374 g/mol. The van der Waals surface area contributed by atoms with E-state index in [9.17, 15) is 4.79 Å². The van der Waals surface area contributed by atoms with Crippen LogP contribution in [-0.2, 0) is 0 Å². The Kier molecular flexibility index (Phi) is 5.28. The average Bonchev–Trinajstić information content (AvgIpc) is 2.68. The molecule has 0 atom stereocenters. The van der Waals surface area contributed by atoms with E-state index < -0.39 is 6.03 Å². The van der Waals surface area contributed by atoms with E-state index in [-0.39, 0.29) is 11.6 Å². The predicted octanol–water partition coefficient (Wildman–Crippen LogP) is 2.27. The number of hydrogen-bond acceptors (Lipinski definition) is 6. The first-order chi connectivity index (χ1) is 13.5. The number of carbonyl (C=O) groups excluding carboxylic acids is 1. The zero-order valence-electron chi connectivity index (χ0n) is 15.1. The van der Waals surface area contributed by atoms with Crippen molar-refractivity contribution in [3.05, 3.63) is 66.0 Å². The second-order valence-electron chi connectivity index (χ2n) is 5.69. The van der Waals surface area contributed by atoms with Gasteiger partial charge in [0.15, 0.2) is 0 Å². The van der Waals surface area contributed by atoms with Gasteiger partial charge < -0.3 is 21.9 Å². The van der Waals surface area contributed by atoms with Crippen molar-refractivity contribution in [2.75, 3.05) is 23.5 Å². The number of hydrogen-bond donors (Lipinski definition) is 3. The molecule has 8 heteroatoms. The number of nitrogen functional groups attached to an aromatic ring is 2. The summed E-state index contributed by atoms with van der Waals surface area (Å²) in [5.74, 6) is 6.84. The molecule has 0 aliphatic rings. The number of aromatic nitrogens is 2. The van der Waals surface area contributed by atoms with Gasteiger partial charge in [0.1, 0.15) is 29.3 Å². The lowest BCUT2D eigenvalue weighted by Gasteiger charge is -2.21. The summed E-state index contributed by atoms with van der Waals surface area (Å²) >= 11 is 0. The summed E-state index contributed by atoms with van der Waals surface area (Å²) in [5, 5.41) is 0. The number of nitrogens with two attached hydrogens (primary N) is 3. The van der Waals surface area contributed by atoms with Gasteiger partial charge in [-0.3, -0.25) is 4.90 Å². The van der Waals surface area contributed by atoms with E-state index in [4.69, 9.17) is 21.9 Å². The van der Waals surface area contributed by atoms with Crippen LogP contribution in [-0.4, -0.2) is 23.1 Å². The Labute approximate surface area is 161 Å². The van der Waals surface area contributed by atoms with Gasteiger partial charge in [0.05, 0.1) is 18.5 Å². The summed E-state index contributed by atoms with van der Waals surface area (Å²) in [7, 11) is 1.55. The van der Waals surface area contributed by atoms with Crippen molar-refractivity contribution < 1.29 is 9.53 Å². The molecule has 0 fully saturated rings. The Morgan fingerprint density at radius 2 is 1.64 bits per heavy atom. The molecule has 8 nitrogen and oxygen atoms in total. The molecule has 3 aromatic rings. The van der Waals surface area contributed by atoms with E-state index in [2.05, 4.69) is 21.8 Å². The number of amides is 2. The lowest BCUT2D eigenvalue weighted by molar-refractivity contribution is 0.256. The van der Waals surface area contributed by atoms with Gasteiger partial charge in [0.25, 0.3) is 0 Å². The van der Waals surface area contributed by atoms with Crippen molar-refractivity contribution in [2.24, 2.45) is 5.73 Å². The number of methoxy groups -OCH3 is 1. The van der Waals surface area contributed by atoms with E-state index in [0.29, 0.717) is 28.3 Å². The van der Waals surface area contributed by atoms with Crippen LogP contribution in [0.15, 0.2) is 54.9 Å². The highest BCUT2D eigenvalue weighted by atomic mass is 16.5. The van der Waals surface area contributed by atoms with Gasteiger partial charge in [-0.25, -0.2) is 14.8 Å². The fourth-order valence-corrected chi connectivity index (χ4v) is 2.55. The van der Waals surface area contributed by atoms with E-state index in [1.807, 2.05) is 0 Å². The predicted molar refractivity (Wildman–Crippen MR) is 108 cm³/mol. The molecule has 0 radical (unpaired) electrons. The summed E-state index contributed by atoms with van der Waals surface area (Å²) in [6.07, 6.45) is 1.27. The number of ether oxygens (including phenoxy) is 1. The van der Waals surface area contributed by atoms with Crippen LogP contribution in [0.2, 0.25) is 0 Å². The third-order valence-electron chi connectivity index (χ3n) is 3.87. The van der Waals surface area contributed by atoms with Crippen molar-refractivity contribution in [2.45, 2.75) is 0 Å². The van der Waals surface area contributed by atoms with Gasteiger partial charge in [0, 0.05) is 11.6 Å². The van der Waals surface area contributed by atoms with Crippen LogP contribution in [0.4, 0.5) is 27.8 Å². The molecule has 140 valence electrons. The normalized spacial score (nSPS) is 9.89. The molecule has 0 aliphatic heterocycles. The van der Waals surface area contributed by atoms with Crippen LogP contribution >= 0.6 is 0 Å². The van der Waals surface area contributed by atoms with Crippen molar-refractivity contribution in [3.63, 3.8) is 0 Å². The summed E-state index contributed by atoms with van der Waals surface area (Å²) in [5.41, 5.74) is 19.3. The van der Waals surface area contributed by atoms with E-state index in [1.54, 1.807) is 55.6 Å². The maximum absolute atomic E-state index is 12.1. The summed E-state index contributed by atoms with van der Waals surface area (Å²) in [6, 6.07) is 13.4. The Hall–Kier alpha value is -4.25. The molecule has 1 aromatic heterocycles. The highest BCUT2D eigenvalue weighted by Gasteiger charge is 2.16. The van der Waals surface area contributed by atoms with Crippen LogP contribution in [0.5, 0.6) is 5.75 Å². The molecule has 0 saturated carbocycles. The number of carbonyl (C=O) groups is 1. The van der Waals surface area contributed by atoms with Gasteiger partial charge in [-0.05, 0) is 30.3 Å². The lowest BCUT2D eigenvalue weighted by atomic mass is 10.1. The summed E-state index contributed by atoms with van der Waals surface area (Å²) < 4.78 is 5.22. The molecule has 2 amide bonds. The molecule has 2 aromatic carbocycles.